The van der Waals surface area contributed by atoms with Crippen molar-refractivity contribution in [3.05, 3.63) is 34.3 Å². The fourth-order valence-corrected chi connectivity index (χ4v) is 4.49. The molecule has 2 aliphatic heterocycles. The molecule has 3 unspecified atom stereocenters. The highest BCUT2D eigenvalue weighted by Crippen LogP contribution is 2.35. The quantitative estimate of drug-likeness (QED) is 0.688. The third kappa shape index (κ3) is 4.59. The number of piperazine rings is 1. The van der Waals surface area contributed by atoms with Gasteiger partial charge in [-0.15, -0.1) is 0 Å². The predicted octanol–water partition coefficient (Wildman–Crippen LogP) is 4.00. The first-order chi connectivity index (χ1) is 14.0. The Bertz CT molecular complexity index is 817. The molecule has 0 bridgehead atoms. The second kappa shape index (κ2) is 8.75. The van der Waals surface area contributed by atoms with E-state index >= 15 is 0 Å². The van der Waals surface area contributed by atoms with Crippen molar-refractivity contribution in [2.75, 3.05) is 19.6 Å². The minimum atomic E-state index is -4.50. The molecule has 166 valence electrons. The van der Waals surface area contributed by atoms with Crippen LogP contribution in [0.25, 0.3) is 0 Å². The van der Waals surface area contributed by atoms with E-state index in [2.05, 4.69) is 13.8 Å². The molecule has 2 saturated heterocycles. The first-order valence-corrected chi connectivity index (χ1v) is 10.6. The Hall–Kier alpha value is -1.80. The summed E-state index contributed by atoms with van der Waals surface area (Å²) in [5.74, 6) is 0.222. The molecule has 9 heteroatoms. The summed E-state index contributed by atoms with van der Waals surface area (Å²) in [5.41, 5.74) is -0.222. The van der Waals surface area contributed by atoms with Crippen molar-refractivity contribution in [3.8, 4) is 0 Å². The third-order valence-electron chi connectivity index (χ3n) is 6.07. The molecule has 3 rings (SSSR count). The average molecular weight is 446 g/mol. The number of carbonyl (C=O) groups excluding carboxylic acids is 2. The highest BCUT2D eigenvalue weighted by molar-refractivity contribution is 6.31. The van der Waals surface area contributed by atoms with Crippen molar-refractivity contribution in [2.24, 2.45) is 5.92 Å². The minimum Gasteiger partial charge on any atom is -0.337 e. The maximum atomic E-state index is 13.0. The van der Waals surface area contributed by atoms with Crippen LogP contribution in [0.15, 0.2) is 18.2 Å². The van der Waals surface area contributed by atoms with Crippen LogP contribution in [0.3, 0.4) is 0 Å². The van der Waals surface area contributed by atoms with Gasteiger partial charge in [-0.2, -0.15) is 13.2 Å². The van der Waals surface area contributed by atoms with Gasteiger partial charge in [0.15, 0.2) is 0 Å². The number of hydrogen-bond acceptors (Lipinski definition) is 3. The molecule has 2 amide bonds. The molecule has 2 fully saturated rings. The lowest BCUT2D eigenvalue weighted by molar-refractivity contribution is -0.169. The Kier molecular flexibility index (Phi) is 6.67. The molecule has 0 aliphatic carbocycles. The molecule has 5 nitrogen and oxygen atoms in total. The molecule has 2 heterocycles. The van der Waals surface area contributed by atoms with E-state index in [0.717, 1.165) is 12.5 Å². The summed E-state index contributed by atoms with van der Waals surface area (Å²) in [5, 5.41) is -0.337. The van der Waals surface area contributed by atoms with Crippen molar-refractivity contribution in [2.45, 2.75) is 58.5 Å². The lowest BCUT2D eigenvalue weighted by atomic mass is 10.0. The lowest BCUT2D eigenvalue weighted by Gasteiger charge is -2.52. The van der Waals surface area contributed by atoms with Gasteiger partial charge in [0.1, 0.15) is 12.2 Å². The third-order valence-corrected chi connectivity index (χ3v) is 6.38. The van der Waals surface area contributed by atoms with Crippen LogP contribution in [0.4, 0.5) is 13.2 Å². The molecule has 1 aromatic rings. The molecular weight excluding hydrogens is 419 g/mol. The fourth-order valence-electron chi connectivity index (χ4n) is 4.18. The molecule has 3 atom stereocenters. The maximum Gasteiger partial charge on any atom is 0.417 e. The Labute approximate surface area is 179 Å². The van der Waals surface area contributed by atoms with Crippen LogP contribution in [0, 0.1) is 5.92 Å². The van der Waals surface area contributed by atoms with E-state index in [9.17, 15) is 22.8 Å². The van der Waals surface area contributed by atoms with Crippen LogP contribution >= 0.6 is 11.6 Å². The van der Waals surface area contributed by atoms with Gasteiger partial charge in [-0.1, -0.05) is 37.9 Å². The summed E-state index contributed by atoms with van der Waals surface area (Å²) in [6, 6.07) is 3.19. The zero-order valence-electron chi connectivity index (χ0n) is 17.4. The molecule has 0 N–H and O–H groups in total. The standard InChI is InChI=1S/C21H27ClF3N3O2/c1-4-13(2)10-27-12-18-26(8-7-19(29)28(18)14(3)20(27)30)11-15-5-6-16(17(22)9-15)21(23,24)25/h5-6,9,13-14,18H,4,7-8,10-12H2,1-3H3. The van der Waals surface area contributed by atoms with Gasteiger partial charge in [-0.05, 0) is 30.5 Å². The number of rotatable bonds is 5. The van der Waals surface area contributed by atoms with Crippen LogP contribution in [0.1, 0.15) is 44.7 Å². The van der Waals surface area contributed by atoms with Gasteiger partial charge in [0.05, 0.1) is 17.1 Å². The summed E-state index contributed by atoms with van der Waals surface area (Å²) in [6.07, 6.45) is -3.59. The van der Waals surface area contributed by atoms with Crippen LogP contribution in [0.2, 0.25) is 5.02 Å². The first-order valence-electron chi connectivity index (χ1n) is 10.2. The van der Waals surface area contributed by atoms with Gasteiger partial charge in [-0.25, -0.2) is 0 Å². The number of fused-ring (bicyclic) bond motifs is 1. The van der Waals surface area contributed by atoms with Crippen molar-refractivity contribution >= 4 is 23.4 Å². The van der Waals surface area contributed by atoms with E-state index in [1.165, 1.54) is 12.1 Å². The zero-order chi connectivity index (χ0) is 22.2. The summed E-state index contributed by atoms with van der Waals surface area (Å²) in [4.78, 5) is 30.9. The number of hydrogen-bond donors (Lipinski definition) is 0. The molecule has 30 heavy (non-hydrogen) atoms. The molecule has 0 radical (unpaired) electrons. The lowest BCUT2D eigenvalue weighted by Crippen LogP contribution is -2.69. The van der Waals surface area contributed by atoms with Gasteiger partial charge in [0.2, 0.25) is 11.8 Å². The Morgan fingerprint density at radius 3 is 2.57 bits per heavy atom. The number of halogens is 4. The van der Waals surface area contributed by atoms with Gasteiger partial charge in [0.25, 0.3) is 0 Å². The monoisotopic (exact) mass is 445 g/mol. The normalized spacial score (nSPS) is 24.2. The SMILES string of the molecule is CCC(C)CN1CC2N(Cc3ccc(C(F)(F)F)c(Cl)c3)CCC(=O)N2C(C)C1=O. The summed E-state index contributed by atoms with van der Waals surface area (Å²) < 4.78 is 38.9. The van der Waals surface area contributed by atoms with Gasteiger partial charge in [0, 0.05) is 26.1 Å². The van der Waals surface area contributed by atoms with Crippen molar-refractivity contribution in [1.82, 2.24) is 14.7 Å². The van der Waals surface area contributed by atoms with E-state index in [1.807, 2.05) is 9.80 Å². The van der Waals surface area contributed by atoms with Crippen LogP contribution in [-0.4, -0.2) is 58.4 Å². The Morgan fingerprint density at radius 1 is 1.27 bits per heavy atom. The van der Waals surface area contributed by atoms with Crippen molar-refractivity contribution in [3.63, 3.8) is 0 Å². The van der Waals surface area contributed by atoms with Gasteiger partial charge >= 0.3 is 6.18 Å². The van der Waals surface area contributed by atoms with Crippen LogP contribution in [0.5, 0.6) is 0 Å². The molecule has 0 aromatic heterocycles. The molecular formula is C21H27ClF3N3O2. The number of benzene rings is 1. The number of nitrogens with zero attached hydrogens (tertiary/aromatic N) is 3. The molecule has 0 spiro atoms. The Morgan fingerprint density at radius 2 is 1.97 bits per heavy atom. The highest BCUT2D eigenvalue weighted by Gasteiger charge is 2.45. The maximum absolute atomic E-state index is 13.0. The number of amides is 2. The number of alkyl halides is 3. The topological polar surface area (TPSA) is 43.9 Å². The summed E-state index contributed by atoms with van der Waals surface area (Å²) >= 11 is 5.88. The fraction of sp³-hybridized carbons (Fsp3) is 0.619. The predicted molar refractivity (Wildman–Crippen MR) is 108 cm³/mol. The van der Waals surface area contributed by atoms with Crippen molar-refractivity contribution in [1.29, 1.82) is 0 Å². The van der Waals surface area contributed by atoms with E-state index in [-0.39, 0.29) is 29.4 Å². The van der Waals surface area contributed by atoms with Gasteiger partial charge in [-0.3, -0.25) is 14.5 Å². The first kappa shape index (κ1) is 22.9. The molecule has 1 aromatic carbocycles. The molecule has 2 aliphatic rings. The largest absolute Gasteiger partial charge is 0.417 e. The highest BCUT2D eigenvalue weighted by atomic mass is 35.5. The second-order valence-corrected chi connectivity index (χ2v) is 8.65. The minimum absolute atomic E-state index is 0.0562. The molecule has 0 saturated carbocycles. The van der Waals surface area contributed by atoms with E-state index in [1.54, 1.807) is 11.8 Å². The van der Waals surface area contributed by atoms with E-state index in [4.69, 9.17) is 11.6 Å². The number of carbonyl (C=O) groups is 2. The summed E-state index contributed by atoms with van der Waals surface area (Å²) in [7, 11) is 0. The Balaban J connectivity index is 1.82. The van der Waals surface area contributed by atoms with Crippen LogP contribution < -0.4 is 0 Å². The smallest absolute Gasteiger partial charge is 0.337 e. The van der Waals surface area contributed by atoms with Crippen molar-refractivity contribution < 1.29 is 22.8 Å². The van der Waals surface area contributed by atoms with E-state index in [0.29, 0.717) is 37.7 Å². The van der Waals surface area contributed by atoms with Gasteiger partial charge < -0.3 is 9.80 Å². The second-order valence-electron chi connectivity index (χ2n) is 8.25. The average Bonchev–Trinajstić information content (AvgIpc) is 2.66. The van der Waals surface area contributed by atoms with Crippen LogP contribution in [-0.2, 0) is 22.3 Å². The summed E-state index contributed by atoms with van der Waals surface area (Å²) in [6.45, 7) is 7.75. The van der Waals surface area contributed by atoms with E-state index < -0.39 is 17.8 Å². The zero-order valence-corrected chi connectivity index (χ0v) is 18.1.